The second-order valence-corrected chi connectivity index (χ2v) is 7.40. The monoisotopic (exact) mass is 345 g/mol. The summed E-state index contributed by atoms with van der Waals surface area (Å²) in [6.45, 7) is 9.53. The lowest BCUT2D eigenvalue weighted by atomic mass is 10.0. The number of carbonyl (C=O) groups is 2. The Morgan fingerprint density at radius 3 is 2.21 bits per heavy atom. The molecule has 0 bridgehead atoms. The molecule has 0 saturated carbocycles. The van der Waals surface area contributed by atoms with Crippen LogP contribution in [-0.2, 0) is 4.79 Å². The first-order chi connectivity index (χ1) is 11.3. The highest BCUT2D eigenvalue weighted by molar-refractivity contribution is 7.16. The van der Waals surface area contributed by atoms with Crippen LogP contribution in [0.2, 0.25) is 0 Å². The second kappa shape index (κ2) is 7.57. The molecule has 2 aromatic rings. The lowest BCUT2D eigenvalue weighted by Crippen LogP contribution is -2.47. The summed E-state index contributed by atoms with van der Waals surface area (Å²) in [6, 6.07) is 6.67. The van der Waals surface area contributed by atoms with Gasteiger partial charge in [0.05, 0.1) is 10.7 Å². The van der Waals surface area contributed by atoms with E-state index in [1.807, 2.05) is 46.8 Å². The molecular weight excluding hydrogens is 322 g/mol. The highest BCUT2D eigenvalue weighted by Gasteiger charge is 2.25. The molecule has 128 valence electrons. The number of benzene rings is 1. The van der Waals surface area contributed by atoms with E-state index in [9.17, 15) is 9.59 Å². The molecule has 2 amide bonds. The van der Waals surface area contributed by atoms with Crippen LogP contribution < -0.4 is 10.6 Å². The maximum atomic E-state index is 12.6. The van der Waals surface area contributed by atoms with Crippen LogP contribution in [0.5, 0.6) is 0 Å². The van der Waals surface area contributed by atoms with E-state index in [1.165, 1.54) is 11.3 Å². The van der Waals surface area contributed by atoms with Gasteiger partial charge in [-0.05, 0) is 38.8 Å². The van der Waals surface area contributed by atoms with E-state index in [-0.39, 0.29) is 17.7 Å². The fourth-order valence-corrected chi connectivity index (χ4v) is 3.12. The first-order valence-electron chi connectivity index (χ1n) is 7.90. The van der Waals surface area contributed by atoms with Crippen LogP contribution >= 0.6 is 11.3 Å². The largest absolute Gasteiger partial charge is 0.340 e. The normalized spacial score (nSPS) is 12.1. The number of hydrogen-bond donors (Lipinski definition) is 2. The lowest BCUT2D eigenvalue weighted by Gasteiger charge is -2.21. The molecule has 1 aromatic heterocycles. The fourth-order valence-electron chi connectivity index (χ4n) is 2.30. The molecule has 6 heteroatoms. The summed E-state index contributed by atoms with van der Waals surface area (Å²) in [5, 5.41) is 7.34. The average molecular weight is 345 g/mol. The number of carbonyl (C=O) groups excluding carboxylic acids is 2. The number of hydrogen-bond acceptors (Lipinski definition) is 4. The van der Waals surface area contributed by atoms with Gasteiger partial charge in [-0.3, -0.25) is 9.59 Å². The summed E-state index contributed by atoms with van der Waals surface area (Å²) in [6.07, 6.45) is 0. The Kier molecular flexibility index (Phi) is 5.72. The molecule has 24 heavy (non-hydrogen) atoms. The maximum Gasteiger partial charge on any atom is 0.251 e. The Bertz CT molecular complexity index is 735. The van der Waals surface area contributed by atoms with Crippen LogP contribution in [0.3, 0.4) is 0 Å². The van der Waals surface area contributed by atoms with Crippen molar-refractivity contribution in [3.05, 3.63) is 46.1 Å². The van der Waals surface area contributed by atoms with Crippen molar-refractivity contribution < 1.29 is 9.59 Å². The minimum atomic E-state index is -0.611. The number of nitrogens with zero attached hydrogens (tertiary/aromatic N) is 1. The molecule has 0 aliphatic heterocycles. The van der Waals surface area contributed by atoms with Crippen molar-refractivity contribution in [2.24, 2.45) is 5.92 Å². The van der Waals surface area contributed by atoms with Gasteiger partial charge in [0.1, 0.15) is 11.0 Å². The van der Waals surface area contributed by atoms with Gasteiger partial charge in [-0.1, -0.05) is 31.5 Å². The van der Waals surface area contributed by atoms with Crippen LogP contribution in [0.15, 0.2) is 24.3 Å². The van der Waals surface area contributed by atoms with Crippen molar-refractivity contribution >= 4 is 28.2 Å². The van der Waals surface area contributed by atoms with E-state index in [4.69, 9.17) is 0 Å². The van der Waals surface area contributed by atoms with Gasteiger partial charge in [0.25, 0.3) is 5.91 Å². The minimum absolute atomic E-state index is 0.0336. The van der Waals surface area contributed by atoms with Crippen molar-refractivity contribution in [1.29, 1.82) is 0 Å². The zero-order valence-electron chi connectivity index (χ0n) is 14.6. The zero-order chi connectivity index (χ0) is 17.9. The van der Waals surface area contributed by atoms with Crippen molar-refractivity contribution in [3.63, 3.8) is 0 Å². The van der Waals surface area contributed by atoms with Crippen molar-refractivity contribution in [1.82, 2.24) is 10.3 Å². The lowest BCUT2D eigenvalue weighted by molar-refractivity contribution is -0.118. The first-order valence-corrected chi connectivity index (χ1v) is 8.72. The third-order valence-corrected chi connectivity index (χ3v) is 4.68. The minimum Gasteiger partial charge on any atom is -0.340 e. The van der Waals surface area contributed by atoms with Gasteiger partial charge in [0.15, 0.2) is 0 Å². The molecule has 0 aliphatic rings. The summed E-state index contributed by atoms with van der Waals surface area (Å²) >= 11 is 1.43. The van der Waals surface area contributed by atoms with Gasteiger partial charge >= 0.3 is 0 Å². The van der Waals surface area contributed by atoms with Crippen molar-refractivity contribution in [2.45, 2.75) is 40.7 Å². The Morgan fingerprint density at radius 2 is 1.71 bits per heavy atom. The summed E-state index contributed by atoms with van der Waals surface area (Å²) < 4.78 is 0. The Morgan fingerprint density at radius 1 is 1.08 bits per heavy atom. The molecule has 5 nitrogen and oxygen atoms in total. The van der Waals surface area contributed by atoms with Crippen LogP contribution in [0.1, 0.15) is 40.5 Å². The molecule has 1 aromatic carbocycles. The number of thiazole rings is 1. The van der Waals surface area contributed by atoms with Gasteiger partial charge in [-0.2, -0.15) is 0 Å². The molecule has 0 saturated heterocycles. The number of aromatic nitrogens is 1. The highest BCUT2D eigenvalue weighted by Crippen LogP contribution is 2.23. The predicted molar refractivity (Wildman–Crippen MR) is 97.5 cm³/mol. The van der Waals surface area contributed by atoms with Crippen LogP contribution in [0.25, 0.3) is 0 Å². The fraction of sp³-hybridized carbons (Fsp3) is 0.389. The van der Waals surface area contributed by atoms with Gasteiger partial charge < -0.3 is 10.6 Å². The smallest absolute Gasteiger partial charge is 0.251 e. The molecule has 0 aliphatic carbocycles. The molecule has 0 spiro atoms. The number of rotatable bonds is 5. The molecule has 0 fully saturated rings. The van der Waals surface area contributed by atoms with Gasteiger partial charge in [0, 0.05) is 5.56 Å². The van der Waals surface area contributed by atoms with E-state index in [2.05, 4.69) is 15.6 Å². The van der Waals surface area contributed by atoms with E-state index in [0.717, 1.165) is 21.3 Å². The molecule has 0 radical (unpaired) electrons. The second-order valence-electron chi connectivity index (χ2n) is 6.20. The summed E-state index contributed by atoms with van der Waals surface area (Å²) in [5.74, 6) is -0.507. The van der Waals surface area contributed by atoms with Crippen molar-refractivity contribution in [2.75, 3.05) is 5.32 Å². The van der Waals surface area contributed by atoms with E-state index in [0.29, 0.717) is 5.56 Å². The third-order valence-electron chi connectivity index (χ3n) is 3.69. The zero-order valence-corrected chi connectivity index (χ0v) is 15.5. The number of amides is 2. The topological polar surface area (TPSA) is 71.1 Å². The van der Waals surface area contributed by atoms with Gasteiger partial charge in [-0.15, -0.1) is 11.3 Å². The average Bonchev–Trinajstić information content (AvgIpc) is 2.82. The number of nitrogens with one attached hydrogen (secondary N) is 2. The molecule has 1 atom stereocenters. The maximum absolute atomic E-state index is 12.6. The number of aryl methyl sites for hydroxylation is 3. The molecular formula is C18H23N3O2S. The Labute approximate surface area is 146 Å². The summed E-state index contributed by atoms with van der Waals surface area (Å²) in [7, 11) is 0. The Hall–Kier alpha value is -2.21. The highest BCUT2D eigenvalue weighted by atomic mass is 32.1. The van der Waals surface area contributed by atoms with Crippen LogP contribution in [-0.4, -0.2) is 22.8 Å². The van der Waals surface area contributed by atoms with Crippen LogP contribution in [0, 0.1) is 26.7 Å². The summed E-state index contributed by atoms with van der Waals surface area (Å²) in [5.41, 5.74) is 2.42. The molecule has 2 N–H and O–H groups in total. The standard InChI is InChI=1S/C18H23N3O2S/c1-10(2)15(17(23)21-18-12(4)19-13(5)24-18)20-16(22)14-8-6-11(3)7-9-14/h6-10,15H,1-5H3,(H,20,22)(H,21,23). The molecule has 2 rings (SSSR count). The molecule has 1 heterocycles. The van der Waals surface area contributed by atoms with E-state index < -0.39 is 6.04 Å². The SMILES string of the molecule is Cc1ccc(C(=O)NC(C(=O)Nc2sc(C)nc2C)C(C)C)cc1. The first kappa shape index (κ1) is 18.1. The Balaban J connectivity index is 2.10. The van der Waals surface area contributed by atoms with Gasteiger partial charge in [-0.25, -0.2) is 4.98 Å². The number of anilines is 1. The quantitative estimate of drug-likeness (QED) is 0.872. The van der Waals surface area contributed by atoms with E-state index >= 15 is 0 Å². The van der Waals surface area contributed by atoms with Crippen LogP contribution in [0.4, 0.5) is 5.00 Å². The molecule has 1 unspecified atom stereocenters. The van der Waals surface area contributed by atoms with Crippen molar-refractivity contribution in [3.8, 4) is 0 Å². The third kappa shape index (κ3) is 4.41. The predicted octanol–water partition coefficient (Wildman–Crippen LogP) is 3.46. The summed E-state index contributed by atoms with van der Waals surface area (Å²) in [4.78, 5) is 29.3. The van der Waals surface area contributed by atoms with Gasteiger partial charge in [0.2, 0.25) is 5.91 Å². The van der Waals surface area contributed by atoms with E-state index in [1.54, 1.807) is 12.1 Å².